The number of anilines is 1. The van der Waals surface area contributed by atoms with Crippen molar-refractivity contribution in [3.8, 4) is 23.0 Å². The van der Waals surface area contributed by atoms with Crippen molar-refractivity contribution in [2.24, 2.45) is 0 Å². The van der Waals surface area contributed by atoms with Crippen LogP contribution in [0, 0.1) is 6.92 Å². The van der Waals surface area contributed by atoms with Gasteiger partial charge in [-0.2, -0.15) is 0 Å². The minimum absolute atomic E-state index is 0.140. The van der Waals surface area contributed by atoms with Gasteiger partial charge in [0.1, 0.15) is 5.75 Å². The zero-order valence-corrected chi connectivity index (χ0v) is 15.3. The molecule has 0 saturated heterocycles. The number of carbonyl (C=O) groups is 1. The van der Waals surface area contributed by atoms with E-state index < -0.39 is 0 Å². The Morgan fingerprint density at radius 1 is 0.889 bits per heavy atom. The van der Waals surface area contributed by atoms with Gasteiger partial charge in [-0.25, -0.2) is 0 Å². The fourth-order valence-corrected chi connectivity index (χ4v) is 2.50. The number of hydrogen-bond donors (Lipinski definition) is 1. The highest BCUT2D eigenvalue weighted by atomic mass is 16.5. The van der Waals surface area contributed by atoms with Gasteiger partial charge in [-0.15, -0.1) is 0 Å². The molecule has 1 amide bonds. The number of amides is 1. The van der Waals surface area contributed by atoms with Crippen LogP contribution in [0.1, 0.15) is 5.56 Å². The summed E-state index contributed by atoms with van der Waals surface area (Å²) in [5.74, 6) is 2.08. The van der Waals surface area contributed by atoms with Gasteiger partial charge in [-0.05, 0) is 48.9 Å². The maximum absolute atomic E-state index is 12.3. The van der Waals surface area contributed by atoms with Crippen LogP contribution in [0.2, 0.25) is 0 Å². The molecule has 0 heterocycles. The molecule has 0 aliphatic heterocycles. The van der Waals surface area contributed by atoms with Crippen LogP contribution in [0.15, 0.2) is 72.8 Å². The third kappa shape index (κ3) is 5.01. The number of para-hydroxylation sites is 3. The van der Waals surface area contributed by atoms with Crippen molar-refractivity contribution in [1.82, 2.24) is 0 Å². The van der Waals surface area contributed by atoms with Crippen LogP contribution in [-0.2, 0) is 4.79 Å². The Bertz CT molecular complexity index is 909. The molecule has 0 spiro atoms. The SMILES string of the molecule is COc1cc(C)ccc1OCC(=O)Nc1ccccc1Oc1ccccc1. The summed E-state index contributed by atoms with van der Waals surface area (Å²) in [7, 11) is 1.57. The molecule has 3 aromatic carbocycles. The molecule has 1 N–H and O–H groups in total. The van der Waals surface area contributed by atoms with Gasteiger partial charge in [0, 0.05) is 0 Å². The van der Waals surface area contributed by atoms with Crippen LogP contribution in [-0.4, -0.2) is 19.6 Å². The number of ether oxygens (including phenoxy) is 3. The summed E-state index contributed by atoms with van der Waals surface area (Å²) in [6.07, 6.45) is 0. The van der Waals surface area contributed by atoms with Crippen LogP contribution in [0.4, 0.5) is 5.69 Å². The normalized spacial score (nSPS) is 10.1. The van der Waals surface area contributed by atoms with Crippen molar-refractivity contribution < 1.29 is 19.0 Å². The lowest BCUT2D eigenvalue weighted by Gasteiger charge is -2.13. The second-order valence-corrected chi connectivity index (χ2v) is 5.90. The highest BCUT2D eigenvalue weighted by molar-refractivity contribution is 5.93. The molecule has 0 bridgehead atoms. The number of carbonyl (C=O) groups excluding carboxylic acids is 1. The van der Waals surface area contributed by atoms with Crippen molar-refractivity contribution in [2.75, 3.05) is 19.0 Å². The largest absolute Gasteiger partial charge is 0.493 e. The molecule has 0 aliphatic carbocycles. The van der Waals surface area contributed by atoms with Crippen molar-refractivity contribution in [2.45, 2.75) is 6.92 Å². The van der Waals surface area contributed by atoms with Crippen LogP contribution < -0.4 is 19.5 Å². The van der Waals surface area contributed by atoms with Gasteiger partial charge in [-0.3, -0.25) is 4.79 Å². The summed E-state index contributed by atoms with van der Waals surface area (Å²) < 4.78 is 16.7. The van der Waals surface area contributed by atoms with Gasteiger partial charge in [0.15, 0.2) is 23.9 Å². The lowest BCUT2D eigenvalue weighted by molar-refractivity contribution is -0.118. The molecule has 0 aliphatic rings. The second kappa shape index (κ2) is 8.76. The molecule has 0 aromatic heterocycles. The van der Waals surface area contributed by atoms with Gasteiger partial charge in [0.05, 0.1) is 12.8 Å². The predicted octanol–water partition coefficient (Wildman–Crippen LogP) is 4.81. The van der Waals surface area contributed by atoms with E-state index in [0.717, 1.165) is 5.56 Å². The van der Waals surface area contributed by atoms with E-state index >= 15 is 0 Å². The highest BCUT2D eigenvalue weighted by Crippen LogP contribution is 2.30. The number of aryl methyl sites for hydroxylation is 1. The van der Waals surface area contributed by atoms with E-state index in [9.17, 15) is 4.79 Å². The number of nitrogens with one attached hydrogen (secondary N) is 1. The smallest absolute Gasteiger partial charge is 0.262 e. The van der Waals surface area contributed by atoms with Crippen LogP contribution in [0.25, 0.3) is 0 Å². The standard InChI is InChI=1S/C22H21NO4/c1-16-12-13-20(21(14-16)25-2)26-15-22(24)23-18-10-6-7-11-19(18)27-17-8-4-3-5-9-17/h3-14H,15H2,1-2H3,(H,23,24). The molecular formula is C22H21NO4. The Morgan fingerprint density at radius 3 is 2.41 bits per heavy atom. The van der Waals surface area contributed by atoms with Gasteiger partial charge in [-0.1, -0.05) is 36.4 Å². The third-order valence-corrected chi connectivity index (χ3v) is 3.81. The van der Waals surface area contributed by atoms with Gasteiger partial charge >= 0.3 is 0 Å². The van der Waals surface area contributed by atoms with Gasteiger partial charge < -0.3 is 19.5 Å². The fraction of sp³-hybridized carbons (Fsp3) is 0.136. The summed E-state index contributed by atoms with van der Waals surface area (Å²) in [5, 5.41) is 2.82. The first kappa shape index (κ1) is 18.3. The number of methoxy groups -OCH3 is 1. The average molecular weight is 363 g/mol. The molecule has 0 saturated carbocycles. The first-order chi connectivity index (χ1) is 13.2. The lowest BCUT2D eigenvalue weighted by atomic mass is 10.2. The number of hydrogen-bond acceptors (Lipinski definition) is 4. The Balaban J connectivity index is 1.65. The van der Waals surface area contributed by atoms with Crippen molar-refractivity contribution in [1.29, 1.82) is 0 Å². The minimum Gasteiger partial charge on any atom is -0.493 e. The summed E-state index contributed by atoms with van der Waals surface area (Å²) in [4.78, 5) is 12.3. The third-order valence-electron chi connectivity index (χ3n) is 3.81. The Hall–Kier alpha value is -3.47. The second-order valence-electron chi connectivity index (χ2n) is 5.90. The number of rotatable bonds is 7. The van der Waals surface area contributed by atoms with E-state index in [-0.39, 0.29) is 12.5 Å². The van der Waals surface area contributed by atoms with Crippen molar-refractivity contribution in [3.05, 3.63) is 78.4 Å². The zero-order chi connectivity index (χ0) is 19.1. The molecule has 3 rings (SSSR count). The summed E-state index contributed by atoms with van der Waals surface area (Å²) in [6, 6.07) is 22.2. The summed E-state index contributed by atoms with van der Waals surface area (Å²) in [6.45, 7) is 1.82. The predicted molar refractivity (Wildman–Crippen MR) is 105 cm³/mol. The van der Waals surface area contributed by atoms with Gasteiger partial charge in [0.2, 0.25) is 0 Å². The maximum atomic E-state index is 12.3. The molecule has 5 heteroatoms. The molecule has 0 radical (unpaired) electrons. The summed E-state index contributed by atoms with van der Waals surface area (Å²) in [5.41, 5.74) is 1.63. The van der Waals surface area contributed by atoms with Crippen molar-refractivity contribution in [3.63, 3.8) is 0 Å². The lowest BCUT2D eigenvalue weighted by Crippen LogP contribution is -2.20. The molecule has 0 fully saturated rings. The molecule has 0 atom stereocenters. The number of benzene rings is 3. The van der Waals surface area contributed by atoms with Gasteiger partial charge in [0.25, 0.3) is 5.91 Å². The molecule has 0 unspecified atom stereocenters. The van der Waals surface area contributed by atoms with E-state index in [1.807, 2.05) is 61.5 Å². The molecule has 27 heavy (non-hydrogen) atoms. The van der Waals surface area contributed by atoms with Crippen LogP contribution >= 0.6 is 0 Å². The summed E-state index contributed by atoms with van der Waals surface area (Å²) >= 11 is 0. The first-order valence-corrected chi connectivity index (χ1v) is 8.55. The van der Waals surface area contributed by atoms with E-state index in [1.165, 1.54) is 0 Å². The Morgan fingerprint density at radius 2 is 1.63 bits per heavy atom. The maximum Gasteiger partial charge on any atom is 0.262 e. The molecule has 5 nitrogen and oxygen atoms in total. The monoisotopic (exact) mass is 363 g/mol. The van der Waals surface area contributed by atoms with E-state index in [1.54, 1.807) is 25.3 Å². The van der Waals surface area contributed by atoms with Crippen LogP contribution in [0.5, 0.6) is 23.0 Å². The fourth-order valence-electron chi connectivity index (χ4n) is 2.50. The highest BCUT2D eigenvalue weighted by Gasteiger charge is 2.11. The quantitative estimate of drug-likeness (QED) is 0.654. The molecule has 138 valence electrons. The van der Waals surface area contributed by atoms with E-state index in [2.05, 4.69) is 5.32 Å². The van der Waals surface area contributed by atoms with Crippen molar-refractivity contribution >= 4 is 11.6 Å². The Labute approximate surface area is 158 Å². The van der Waals surface area contributed by atoms with Crippen LogP contribution in [0.3, 0.4) is 0 Å². The zero-order valence-electron chi connectivity index (χ0n) is 15.3. The first-order valence-electron chi connectivity index (χ1n) is 8.55. The average Bonchev–Trinajstić information content (AvgIpc) is 2.69. The van der Waals surface area contributed by atoms with E-state index in [4.69, 9.17) is 14.2 Å². The minimum atomic E-state index is -0.290. The topological polar surface area (TPSA) is 56.8 Å². The van der Waals surface area contributed by atoms with E-state index in [0.29, 0.717) is 28.7 Å². The molecular weight excluding hydrogens is 342 g/mol. The Kier molecular flexibility index (Phi) is 5.94. The molecule has 3 aromatic rings.